The summed E-state index contributed by atoms with van der Waals surface area (Å²) in [7, 11) is 0. The van der Waals surface area contributed by atoms with Gasteiger partial charge in [-0.25, -0.2) is 4.98 Å². The van der Waals surface area contributed by atoms with Gasteiger partial charge in [0.2, 0.25) is 5.91 Å². The van der Waals surface area contributed by atoms with Crippen LogP contribution in [0.2, 0.25) is 0 Å². The van der Waals surface area contributed by atoms with Crippen LogP contribution in [0.15, 0.2) is 54.6 Å². The fraction of sp³-hybridized carbons (Fsp3) is 0.200. The van der Waals surface area contributed by atoms with E-state index in [0.717, 1.165) is 22.6 Å². The van der Waals surface area contributed by atoms with Crippen LogP contribution in [-0.4, -0.2) is 17.5 Å². The Labute approximate surface area is 155 Å². The van der Waals surface area contributed by atoms with Crippen molar-refractivity contribution in [2.75, 3.05) is 17.7 Å². The van der Waals surface area contributed by atoms with Crippen molar-refractivity contribution in [3.05, 3.63) is 70.6 Å². The minimum Gasteiger partial charge on any atom is -0.493 e. The second kappa shape index (κ2) is 7.17. The Balaban J connectivity index is 1.44. The fourth-order valence-corrected chi connectivity index (χ4v) is 4.05. The Bertz CT molecular complexity index is 907. The van der Waals surface area contributed by atoms with Crippen LogP contribution < -0.4 is 15.8 Å². The molecule has 0 aliphatic carbocycles. The predicted molar refractivity (Wildman–Crippen MR) is 104 cm³/mol. The number of carbonyl (C=O) groups is 1. The zero-order valence-corrected chi connectivity index (χ0v) is 15.0. The molecule has 0 unspecified atom stereocenters. The average Bonchev–Trinajstić information content (AvgIpc) is 3.02. The van der Waals surface area contributed by atoms with Gasteiger partial charge in [-0.2, -0.15) is 0 Å². The molecule has 2 aromatic carbocycles. The fourth-order valence-electron chi connectivity index (χ4n) is 3.13. The highest BCUT2D eigenvalue weighted by Crippen LogP contribution is 2.41. The highest BCUT2D eigenvalue weighted by atomic mass is 32.1. The molecule has 1 aliphatic rings. The molecule has 1 atom stereocenters. The van der Waals surface area contributed by atoms with Gasteiger partial charge in [-0.1, -0.05) is 53.8 Å². The molecular weight excluding hydrogens is 346 g/mol. The number of benzene rings is 2. The number of hydrogen-bond donors (Lipinski definition) is 2. The summed E-state index contributed by atoms with van der Waals surface area (Å²) in [6, 6.07) is 18.2. The first kappa shape index (κ1) is 16.6. The number of ether oxygens (including phenoxy) is 1. The molecule has 1 aromatic heterocycles. The van der Waals surface area contributed by atoms with E-state index in [1.165, 1.54) is 16.9 Å². The van der Waals surface area contributed by atoms with Crippen LogP contribution in [0.3, 0.4) is 0 Å². The number of nitrogens with two attached hydrogens (primary N) is 1. The van der Waals surface area contributed by atoms with Crippen molar-refractivity contribution >= 4 is 28.2 Å². The lowest BCUT2D eigenvalue weighted by Crippen LogP contribution is -2.22. The molecule has 0 fully saturated rings. The molecule has 5 nitrogen and oxygen atoms in total. The maximum absolute atomic E-state index is 11.9. The molecule has 4 rings (SSSR count). The smallest absolute Gasteiger partial charge is 0.226 e. The molecule has 0 radical (unpaired) electrons. The number of thiazole rings is 1. The Morgan fingerprint density at radius 1 is 1.15 bits per heavy atom. The lowest BCUT2D eigenvalue weighted by molar-refractivity contribution is -0.116. The van der Waals surface area contributed by atoms with Gasteiger partial charge in [-0.05, 0) is 23.3 Å². The summed E-state index contributed by atoms with van der Waals surface area (Å²) >= 11 is 1.43. The standard InChI is InChI=1S/C20H19N3O2S/c21-20-23-19-18(26-20)16(12-17(24)22-19)14-6-8-15(9-7-14)25-11-10-13-4-2-1-3-5-13/h1-9,16H,10-12H2,(H2,21,23)(H,22,24)/t16-/m1/s1. The van der Waals surface area contributed by atoms with Crippen LogP contribution in [0.5, 0.6) is 5.75 Å². The Morgan fingerprint density at radius 3 is 2.69 bits per heavy atom. The summed E-state index contributed by atoms with van der Waals surface area (Å²) in [5, 5.41) is 3.27. The van der Waals surface area contributed by atoms with Gasteiger partial charge in [0.15, 0.2) is 5.13 Å². The van der Waals surface area contributed by atoms with Crippen LogP contribution in [0.4, 0.5) is 10.9 Å². The number of anilines is 2. The van der Waals surface area contributed by atoms with Crippen molar-refractivity contribution < 1.29 is 9.53 Å². The SMILES string of the molecule is Nc1nc2c(s1)[C@@H](c1ccc(OCCc3ccccc3)cc1)CC(=O)N2. The van der Waals surface area contributed by atoms with Crippen LogP contribution in [0.1, 0.15) is 28.3 Å². The van der Waals surface area contributed by atoms with Crippen molar-refractivity contribution in [1.29, 1.82) is 0 Å². The maximum Gasteiger partial charge on any atom is 0.226 e. The molecule has 26 heavy (non-hydrogen) atoms. The first-order valence-electron chi connectivity index (χ1n) is 8.52. The van der Waals surface area contributed by atoms with Crippen molar-refractivity contribution in [2.24, 2.45) is 0 Å². The van der Waals surface area contributed by atoms with E-state index in [1.807, 2.05) is 42.5 Å². The zero-order valence-electron chi connectivity index (χ0n) is 14.1. The van der Waals surface area contributed by atoms with E-state index in [2.05, 4.69) is 22.4 Å². The lowest BCUT2D eigenvalue weighted by Gasteiger charge is -2.21. The van der Waals surface area contributed by atoms with Gasteiger partial charge in [-0.3, -0.25) is 4.79 Å². The summed E-state index contributed by atoms with van der Waals surface area (Å²) in [5.41, 5.74) is 8.13. The van der Waals surface area contributed by atoms with Gasteiger partial charge >= 0.3 is 0 Å². The van der Waals surface area contributed by atoms with Crippen molar-refractivity contribution in [1.82, 2.24) is 4.98 Å². The minimum atomic E-state index is -0.0315. The van der Waals surface area contributed by atoms with Crippen molar-refractivity contribution in [3.63, 3.8) is 0 Å². The highest BCUT2D eigenvalue weighted by Gasteiger charge is 2.29. The van der Waals surface area contributed by atoms with E-state index >= 15 is 0 Å². The first-order chi connectivity index (χ1) is 12.7. The topological polar surface area (TPSA) is 77.2 Å². The van der Waals surface area contributed by atoms with E-state index < -0.39 is 0 Å². The Kier molecular flexibility index (Phi) is 4.58. The number of rotatable bonds is 5. The monoisotopic (exact) mass is 365 g/mol. The van der Waals surface area contributed by atoms with Crippen molar-refractivity contribution in [3.8, 4) is 5.75 Å². The molecule has 1 aliphatic heterocycles. The van der Waals surface area contributed by atoms with Gasteiger partial charge in [0.1, 0.15) is 11.6 Å². The summed E-state index contributed by atoms with van der Waals surface area (Å²) < 4.78 is 5.84. The number of amides is 1. The molecule has 3 aromatic rings. The van der Waals surface area contributed by atoms with Crippen LogP contribution >= 0.6 is 11.3 Å². The molecule has 3 N–H and O–H groups in total. The largest absolute Gasteiger partial charge is 0.493 e. The van der Waals surface area contributed by atoms with E-state index in [-0.39, 0.29) is 11.8 Å². The molecule has 6 heteroatoms. The highest BCUT2D eigenvalue weighted by molar-refractivity contribution is 7.16. The van der Waals surface area contributed by atoms with Crippen LogP contribution in [0.25, 0.3) is 0 Å². The number of aromatic nitrogens is 1. The molecule has 0 bridgehead atoms. The third-order valence-corrected chi connectivity index (χ3v) is 5.42. The number of nitrogens with zero attached hydrogens (tertiary/aromatic N) is 1. The van der Waals surface area contributed by atoms with Gasteiger partial charge in [0, 0.05) is 18.8 Å². The third-order valence-electron chi connectivity index (χ3n) is 4.42. The summed E-state index contributed by atoms with van der Waals surface area (Å²) in [4.78, 5) is 17.2. The van der Waals surface area contributed by atoms with Gasteiger partial charge in [0.25, 0.3) is 0 Å². The van der Waals surface area contributed by atoms with Crippen LogP contribution in [0, 0.1) is 0 Å². The molecule has 0 spiro atoms. The Hall–Kier alpha value is -2.86. The summed E-state index contributed by atoms with van der Waals surface area (Å²) in [5.74, 6) is 1.38. The number of nitrogens with one attached hydrogen (secondary N) is 1. The summed E-state index contributed by atoms with van der Waals surface area (Å²) in [6.07, 6.45) is 1.28. The molecular formula is C20H19N3O2S. The van der Waals surface area contributed by atoms with E-state index in [0.29, 0.717) is 24.0 Å². The normalized spacial score (nSPS) is 16.0. The van der Waals surface area contributed by atoms with E-state index in [4.69, 9.17) is 10.5 Å². The second-order valence-electron chi connectivity index (χ2n) is 6.22. The van der Waals surface area contributed by atoms with Gasteiger partial charge < -0.3 is 15.8 Å². The van der Waals surface area contributed by atoms with Crippen LogP contribution in [-0.2, 0) is 11.2 Å². The number of fused-ring (bicyclic) bond motifs is 1. The minimum absolute atomic E-state index is 0.00748. The molecule has 2 heterocycles. The van der Waals surface area contributed by atoms with Gasteiger partial charge in [-0.15, -0.1) is 0 Å². The van der Waals surface area contributed by atoms with E-state index in [9.17, 15) is 4.79 Å². The predicted octanol–water partition coefficient (Wildman–Crippen LogP) is 3.82. The molecule has 1 amide bonds. The quantitative estimate of drug-likeness (QED) is 0.720. The third kappa shape index (κ3) is 3.55. The zero-order chi connectivity index (χ0) is 17.9. The first-order valence-corrected chi connectivity index (χ1v) is 9.33. The van der Waals surface area contributed by atoms with E-state index in [1.54, 1.807) is 0 Å². The number of carbonyl (C=O) groups excluding carboxylic acids is 1. The van der Waals surface area contributed by atoms with Gasteiger partial charge in [0.05, 0.1) is 11.5 Å². The number of hydrogen-bond acceptors (Lipinski definition) is 5. The maximum atomic E-state index is 11.9. The lowest BCUT2D eigenvalue weighted by atomic mass is 9.91. The average molecular weight is 365 g/mol. The second-order valence-corrected chi connectivity index (χ2v) is 7.29. The van der Waals surface area contributed by atoms with Crippen molar-refractivity contribution in [2.45, 2.75) is 18.8 Å². The summed E-state index contributed by atoms with van der Waals surface area (Å²) in [6.45, 7) is 0.630. The number of nitrogen functional groups attached to an aromatic ring is 1. The molecule has 132 valence electrons. The molecule has 0 saturated heterocycles. The molecule has 0 saturated carbocycles. The Morgan fingerprint density at radius 2 is 1.92 bits per heavy atom.